The quantitative estimate of drug-likeness (QED) is 0.285. The van der Waals surface area contributed by atoms with Gasteiger partial charge < -0.3 is 14.3 Å². The Balaban J connectivity index is 1.79. The van der Waals surface area contributed by atoms with Crippen LogP contribution in [0.1, 0.15) is 36.8 Å². The molecule has 0 heterocycles. The van der Waals surface area contributed by atoms with E-state index in [-0.39, 0.29) is 0 Å². The van der Waals surface area contributed by atoms with Gasteiger partial charge in [-0.3, -0.25) is 0 Å². The molecule has 0 atom stereocenters. The molecule has 0 spiro atoms. The fourth-order valence-electron chi connectivity index (χ4n) is 3.95. The van der Waals surface area contributed by atoms with Gasteiger partial charge in [-0.15, -0.1) is 0 Å². The van der Waals surface area contributed by atoms with Gasteiger partial charge in [0.25, 0.3) is 0 Å². The molecule has 0 radical (unpaired) electrons. The second-order valence-electron chi connectivity index (χ2n) is 9.41. The maximum Gasteiger partial charge on any atom is 0.176 e. The first-order valence-corrected chi connectivity index (χ1v) is 17.1. The SMILES string of the molecule is C[Si](C)(C)O[Si](C)(CCCCc1ccc(O)cc1)CCCCc1ccc(O)cc1. The van der Waals surface area contributed by atoms with Crippen LogP contribution in [0, 0.1) is 0 Å². The first-order chi connectivity index (χ1) is 13.7. The smallest absolute Gasteiger partial charge is 0.176 e. The van der Waals surface area contributed by atoms with Gasteiger partial charge in [-0.1, -0.05) is 37.1 Å². The molecular formula is C24H38O3Si2. The third-order valence-electron chi connectivity index (χ3n) is 5.27. The molecule has 0 bridgehead atoms. The van der Waals surface area contributed by atoms with Crippen LogP contribution >= 0.6 is 0 Å². The van der Waals surface area contributed by atoms with E-state index >= 15 is 0 Å². The van der Waals surface area contributed by atoms with E-state index in [0.29, 0.717) is 11.5 Å². The molecule has 3 nitrogen and oxygen atoms in total. The molecule has 0 aromatic heterocycles. The van der Waals surface area contributed by atoms with Gasteiger partial charge in [0.15, 0.2) is 16.6 Å². The van der Waals surface area contributed by atoms with Crippen LogP contribution in [-0.4, -0.2) is 26.8 Å². The van der Waals surface area contributed by atoms with Crippen LogP contribution in [0.5, 0.6) is 11.5 Å². The largest absolute Gasteiger partial charge is 0.508 e. The Morgan fingerprint density at radius 3 is 1.34 bits per heavy atom. The Morgan fingerprint density at radius 2 is 1.00 bits per heavy atom. The molecule has 2 rings (SSSR count). The van der Waals surface area contributed by atoms with Crippen molar-refractivity contribution in [3.63, 3.8) is 0 Å². The molecule has 5 heteroatoms. The van der Waals surface area contributed by atoms with Gasteiger partial charge in [0.2, 0.25) is 0 Å². The lowest BCUT2D eigenvalue weighted by atomic mass is 10.1. The third kappa shape index (κ3) is 9.65. The van der Waals surface area contributed by atoms with Crippen LogP contribution in [0.15, 0.2) is 48.5 Å². The highest BCUT2D eigenvalue weighted by atomic mass is 28.4. The Kier molecular flexibility index (Phi) is 8.99. The highest BCUT2D eigenvalue weighted by molar-refractivity contribution is 6.84. The monoisotopic (exact) mass is 430 g/mol. The molecule has 160 valence electrons. The molecule has 0 aliphatic rings. The van der Waals surface area contributed by atoms with Gasteiger partial charge in [-0.05, 0) is 99.4 Å². The second kappa shape index (κ2) is 11.0. The fourth-order valence-corrected chi connectivity index (χ4v) is 12.9. The molecule has 29 heavy (non-hydrogen) atoms. The maximum atomic E-state index is 9.41. The van der Waals surface area contributed by atoms with Crippen molar-refractivity contribution in [3.05, 3.63) is 59.7 Å². The van der Waals surface area contributed by atoms with Crippen LogP contribution in [0.25, 0.3) is 0 Å². The normalized spacial score (nSPS) is 12.3. The van der Waals surface area contributed by atoms with Crippen LogP contribution in [0.2, 0.25) is 38.3 Å². The predicted molar refractivity (Wildman–Crippen MR) is 128 cm³/mol. The van der Waals surface area contributed by atoms with Crippen molar-refractivity contribution in [1.29, 1.82) is 0 Å². The van der Waals surface area contributed by atoms with Gasteiger partial charge in [-0.25, -0.2) is 0 Å². The number of rotatable bonds is 12. The van der Waals surface area contributed by atoms with Crippen molar-refractivity contribution in [2.45, 2.75) is 76.8 Å². The first kappa shape index (κ1) is 23.7. The number of benzene rings is 2. The van der Waals surface area contributed by atoms with E-state index < -0.39 is 16.6 Å². The maximum absolute atomic E-state index is 9.41. The third-order valence-corrected chi connectivity index (χ3v) is 12.5. The molecule has 0 saturated heterocycles. The Hall–Kier alpha value is -1.57. The molecular weight excluding hydrogens is 392 g/mol. The lowest BCUT2D eigenvalue weighted by Crippen LogP contribution is -2.44. The summed E-state index contributed by atoms with van der Waals surface area (Å²) >= 11 is 0. The highest BCUT2D eigenvalue weighted by Gasteiger charge is 2.33. The van der Waals surface area contributed by atoms with Crippen molar-refractivity contribution in [3.8, 4) is 11.5 Å². The van der Waals surface area contributed by atoms with Crippen LogP contribution < -0.4 is 0 Å². The fraction of sp³-hybridized carbons (Fsp3) is 0.500. The van der Waals surface area contributed by atoms with Gasteiger partial charge in [0.1, 0.15) is 11.5 Å². The zero-order chi connectivity index (χ0) is 21.3. The summed E-state index contributed by atoms with van der Waals surface area (Å²) in [7, 11) is -3.24. The van der Waals surface area contributed by atoms with Crippen molar-refractivity contribution < 1.29 is 14.3 Å². The summed E-state index contributed by atoms with van der Waals surface area (Å²) in [6, 6.07) is 17.6. The Labute approximate surface area is 179 Å². The molecule has 2 N–H and O–H groups in total. The minimum Gasteiger partial charge on any atom is -0.508 e. The summed E-state index contributed by atoms with van der Waals surface area (Å²) in [4.78, 5) is 0. The van der Waals surface area contributed by atoms with E-state index in [1.165, 1.54) is 48.9 Å². The minimum absolute atomic E-state index is 0.338. The molecule has 2 aromatic carbocycles. The zero-order valence-corrected chi connectivity index (χ0v) is 20.6. The summed E-state index contributed by atoms with van der Waals surface area (Å²) in [5, 5.41) is 18.8. The van der Waals surface area contributed by atoms with E-state index in [4.69, 9.17) is 4.12 Å². The Morgan fingerprint density at radius 1 is 0.621 bits per heavy atom. The summed E-state index contributed by atoms with van der Waals surface area (Å²) in [6.07, 6.45) is 6.92. The first-order valence-electron chi connectivity index (χ1n) is 10.9. The summed E-state index contributed by atoms with van der Waals surface area (Å²) in [5.74, 6) is 0.675. The standard InChI is InChI=1S/C24H38O3Si2/c1-28(2,3)27-29(4,19-7-5-9-21-11-15-23(25)16-12-21)20-8-6-10-22-13-17-24(26)18-14-22/h11-18,25-26H,5-10,19-20H2,1-4H3. The summed E-state index contributed by atoms with van der Waals surface area (Å²) < 4.78 is 6.77. The minimum atomic E-state index is -1.70. The number of aryl methyl sites for hydroxylation is 2. The van der Waals surface area contributed by atoms with E-state index in [1.54, 1.807) is 24.3 Å². The van der Waals surface area contributed by atoms with E-state index in [0.717, 1.165) is 12.8 Å². The number of unbranched alkanes of at least 4 members (excludes halogenated alkanes) is 2. The predicted octanol–water partition coefficient (Wildman–Crippen LogP) is 6.87. The molecule has 2 aromatic rings. The molecule has 0 fully saturated rings. The number of aromatic hydroxyl groups is 2. The van der Waals surface area contributed by atoms with E-state index in [2.05, 4.69) is 26.2 Å². The highest BCUT2D eigenvalue weighted by Crippen LogP contribution is 2.28. The number of phenolic OH excluding ortho intramolecular Hbond substituents is 2. The zero-order valence-electron chi connectivity index (χ0n) is 18.6. The molecule has 0 unspecified atom stereocenters. The van der Waals surface area contributed by atoms with Crippen LogP contribution in [-0.2, 0) is 17.0 Å². The van der Waals surface area contributed by atoms with Gasteiger partial charge in [-0.2, -0.15) is 0 Å². The van der Waals surface area contributed by atoms with Crippen LogP contribution in [0.4, 0.5) is 0 Å². The molecule has 0 saturated carbocycles. The van der Waals surface area contributed by atoms with Crippen LogP contribution in [0.3, 0.4) is 0 Å². The van der Waals surface area contributed by atoms with E-state index in [9.17, 15) is 10.2 Å². The Bertz CT molecular complexity index is 668. The number of hydrogen-bond acceptors (Lipinski definition) is 3. The summed E-state index contributed by atoms with van der Waals surface area (Å²) in [5.41, 5.74) is 2.59. The lowest BCUT2D eigenvalue weighted by molar-refractivity contribution is 0.474. The lowest BCUT2D eigenvalue weighted by Gasteiger charge is -2.35. The number of hydrogen-bond donors (Lipinski definition) is 2. The van der Waals surface area contributed by atoms with E-state index in [1.807, 2.05) is 24.3 Å². The van der Waals surface area contributed by atoms with Crippen molar-refractivity contribution in [2.24, 2.45) is 0 Å². The number of phenols is 2. The van der Waals surface area contributed by atoms with Gasteiger partial charge >= 0.3 is 0 Å². The molecule has 0 amide bonds. The molecule has 0 aliphatic heterocycles. The van der Waals surface area contributed by atoms with Gasteiger partial charge in [0, 0.05) is 0 Å². The summed E-state index contributed by atoms with van der Waals surface area (Å²) in [6.45, 7) is 9.37. The van der Waals surface area contributed by atoms with Gasteiger partial charge in [0.05, 0.1) is 0 Å². The van der Waals surface area contributed by atoms with Crippen molar-refractivity contribution >= 4 is 16.6 Å². The average Bonchev–Trinajstić information content (AvgIpc) is 2.64. The van der Waals surface area contributed by atoms with Crippen molar-refractivity contribution in [1.82, 2.24) is 0 Å². The van der Waals surface area contributed by atoms with Crippen molar-refractivity contribution in [2.75, 3.05) is 0 Å². The topological polar surface area (TPSA) is 49.7 Å². The average molecular weight is 431 g/mol. The second-order valence-corrected chi connectivity index (χ2v) is 18.4. The molecule has 0 aliphatic carbocycles.